The van der Waals surface area contributed by atoms with E-state index < -0.39 is 5.97 Å². The van der Waals surface area contributed by atoms with Gasteiger partial charge in [0.15, 0.2) is 0 Å². The minimum Gasteiger partial charge on any atom is -0.478 e. The van der Waals surface area contributed by atoms with Crippen molar-refractivity contribution >= 4 is 5.97 Å². The van der Waals surface area contributed by atoms with Gasteiger partial charge in [-0.3, -0.25) is 0 Å². The summed E-state index contributed by atoms with van der Waals surface area (Å²) in [5.41, 5.74) is 3.03. The van der Waals surface area contributed by atoms with Gasteiger partial charge >= 0.3 is 5.97 Å². The molecule has 1 N–H and O–H groups in total. The molecule has 0 amide bonds. The molecular weight excluding hydrogens is 356 g/mol. The van der Waals surface area contributed by atoms with Gasteiger partial charge < -0.3 is 5.11 Å². The fourth-order valence-electron chi connectivity index (χ4n) is 8.49. The molecule has 158 valence electrons. The topological polar surface area (TPSA) is 37.3 Å². The highest BCUT2D eigenvalue weighted by Crippen LogP contribution is 2.54. The van der Waals surface area contributed by atoms with Crippen LogP contribution in [-0.2, 0) is 10.8 Å². The molecule has 5 rings (SSSR count). The maximum atomic E-state index is 12.7. The van der Waals surface area contributed by atoms with Crippen LogP contribution < -0.4 is 0 Å². The zero-order valence-corrected chi connectivity index (χ0v) is 18.4. The van der Waals surface area contributed by atoms with E-state index in [2.05, 4.69) is 32.0 Å². The summed E-state index contributed by atoms with van der Waals surface area (Å²) in [6, 6.07) is 6.52. The molecule has 4 aliphatic rings. The van der Waals surface area contributed by atoms with Gasteiger partial charge in [0.2, 0.25) is 0 Å². The smallest absolute Gasteiger partial charge is 0.336 e. The summed E-state index contributed by atoms with van der Waals surface area (Å²) in [6.07, 6.45) is 15.6. The van der Waals surface area contributed by atoms with E-state index in [1.54, 1.807) is 0 Å². The van der Waals surface area contributed by atoms with Crippen LogP contribution >= 0.6 is 0 Å². The minimum atomic E-state index is -0.690. The van der Waals surface area contributed by atoms with E-state index in [0.717, 1.165) is 34.8 Å². The summed E-state index contributed by atoms with van der Waals surface area (Å²) >= 11 is 0. The van der Waals surface area contributed by atoms with Gasteiger partial charge in [-0.25, -0.2) is 4.79 Å². The summed E-state index contributed by atoms with van der Waals surface area (Å²) in [6.45, 7) is 4.75. The third-order valence-corrected chi connectivity index (χ3v) is 9.32. The summed E-state index contributed by atoms with van der Waals surface area (Å²) in [5.74, 6) is 2.49. The molecule has 29 heavy (non-hydrogen) atoms. The van der Waals surface area contributed by atoms with Gasteiger partial charge in [0.1, 0.15) is 0 Å². The van der Waals surface area contributed by atoms with Gasteiger partial charge in [-0.2, -0.15) is 0 Å². The van der Waals surface area contributed by atoms with Crippen LogP contribution in [0.4, 0.5) is 0 Å². The van der Waals surface area contributed by atoms with Crippen molar-refractivity contribution in [2.75, 3.05) is 0 Å². The first-order valence-electron chi connectivity index (χ1n) is 12.2. The van der Waals surface area contributed by atoms with Crippen molar-refractivity contribution in [1.82, 2.24) is 0 Å². The highest BCUT2D eigenvalue weighted by atomic mass is 16.4. The number of carboxylic acid groups (broad SMARTS) is 1. The highest BCUT2D eigenvalue weighted by molar-refractivity contribution is 5.92. The van der Waals surface area contributed by atoms with Gasteiger partial charge in [-0.05, 0) is 84.2 Å². The first-order chi connectivity index (χ1) is 13.9. The maximum Gasteiger partial charge on any atom is 0.336 e. The van der Waals surface area contributed by atoms with Crippen molar-refractivity contribution in [3.63, 3.8) is 0 Å². The normalized spacial score (nSPS) is 41.7. The van der Waals surface area contributed by atoms with Crippen molar-refractivity contribution < 1.29 is 9.90 Å². The first kappa shape index (κ1) is 19.6. The van der Waals surface area contributed by atoms with Crippen LogP contribution in [0.2, 0.25) is 0 Å². The second kappa shape index (κ2) is 7.13. The quantitative estimate of drug-likeness (QED) is 0.593. The molecule has 0 aromatic heterocycles. The molecule has 4 atom stereocenters. The summed E-state index contributed by atoms with van der Waals surface area (Å²) in [5, 5.41) is 10.4. The number of fused-ring (bicyclic) bond motifs is 4. The van der Waals surface area contributed by atoms with Crippen LogP contribution in [0.1, 0.15) is 112 Å². The maximum absolute atomic E-state index is 12.7. The second-order valence-corrected chi connectivity index (χ2v) is 11.8. The van der Waals surface area contributed by atoms with Crippen molar-refractivity contribution in [3.8, 4) is 0 Å². The molecule has 0 saturated heterocycles. The van der Waals surface area contributed by atoms with E-state index in [-0.39, 0.29) is 10.8 Å². The van der Waals surface area contributed by atoms with E-state index in [1.807, 2.05) is 0 Å². The molecule has 2 nitrogen and oxygen atoms in total. The third-order valence-electron chi connectivity index (χ3n) is 9.32. The average Bonchev–Trinajstić information content (AvgIpc) is 2.66. The predicted molar refractivity (Wildman–Crippen MR) is 117 cm³/mol. The Kier molecular flexibility index (Phi) is 4.83. The Hall–Kier alpha value is -1.31. The molecule has 0 heterocycles. The van der Waals surface area contributed by atoms with Crippen molar-refractivity contribution in [2.24, 2.45) is 23.7 Å². The molecule has 0 spiro atoms. The SMILES string of the molecule is CC1(c2cccc(C3(C)CC4CCCC(C4)C3)c2C(=O)O)CC2CCCC(C2)C1. The monoisotopic (exact) mass is 394 g/mol. The van der Waals surface area contributed by atoms with E-state index >= 15 is 0 Å². The predicted octanol–water partition coefficient (Wildman–Crippen LogP) is 7.10. The van der Waals surface area contributed by atoms with Crippen molar-refractivity contribution in [2.45, 2.75) is 102 Å². The Morgan fingerprint density at radius 1 is 0.793 bits per heavy atom. The Morgan fingerprint density at radius 2 is 1.17 bits per heavy atom. The van der Waals surface area contributed by atoms with Gasteiger partial charge in [0.25, 0.3) is 0 Å². The van der Waals surface area contributed by atoms with E-state index in [9.17, 15) is 9.90 Å². The Labute approximate surface area is 176 Å². The molecular formula is C27H38O2. The lowest BCUT2D eigenvalue weighted by atomic mass is 9.56. The van der Waals surface area contributed by atoms with E-state index in [0.29, 0.717) is 5.56 Å². The standard InChI is InChI=1S/C27H38O2/c1-26(14-18-6-3-7-19(12-18)15-26)22-10-5-11-23(24(22)25(28)29)27(2)16-20-8-4-9-21(13-20)17-27/h5,10-11,18-21H,3-4,6-9,12-17H2,1-2H3,(H,28,29). The highest BCUT2D eigenvalue weighted by Gasteiger charge is 2.45. The van der Waals surface area contributed by atoms with E-state index in [4.69, 9.17) is 0 Å². The summed E-state index contributed by atoms with van der Waals surface area (Å²) in [7, 11) is 0. The summed E-state index contributed by atoms with van der Waals surface area (Å²) in [4.78, 5) is 12.7. The number of rotatable bonds is 3. The number of hydrogen-bond donors (Lipinski definition) is 1. The third kappa shape index (κ3) is 3.45. The largest absolute Gasteiger partial charge is 0.478 e. The molecule has 4 aliphatic carbocycles. The van der Waals surface area contributed by atoms with Gasteiger partial charge in [0, 0.05) is 0 Å². The Bertz CT molecular complexity index is 713. The van der Waals surface area contributed by atoms with Gasteiger partial charge in [-0.15, -0.1) is 0 Å². The van der Waals surface area contributed by atoms with Crippen molar-refractivity contribution in [3.05, 3.63) is 34.9 Å². The fourth-order valence-corrected chi connectivity index (χ4v) is 8.49. The lowest BCUT2D eigenvalue weighted by molar-refractivity contribution is 0.0675. The average molecular weight is 395 g/mol. The van der Waals surface area contributed by atoms with Crippen LogP contribution in [0.3, 0.4) is 0 Å². The minimum absolute atomic E-state index is 0.0264. The van der Waals surface area contributed by atoms with Crippen LogP contribution in [0.5, 0.6) is 0 Å². The number of aromatic carboxylic acids is 1. The molecule has 4 unspecified atom stereocenters. The number of carboxylic acids is 1. The Balaban J connectivity index is 1.57. The Morgan fingerprint density at radius 3 is 1.52 bits per heavy atom. The molecule has 1 aromatic rings. The molecule has 1 aromatic carbocycles. The van der Waals surface area contributed by atoms with Gasteiger partial charge in [-0.1, -0.05) is 70.6 Å². The first-order valence-corrected chi connectivity index (χ1v) is 12.2. The second-order valence-electron chi connectivity index (χ2n) is 11.8. The molecule has 4 saturated carbocycles. The molecule has 4 fully saturated rings. The zero-order chi connectivity index (χ0) is 20.2. The molecule has 0 aliphatic heterocycles. The van der Waals surface area contributed by atoms with Crippen LogP contribution in [0.15, 0.2) is 18.2 Å². The number of carbonyl (C=O) groups is 1. The lowest BCUT2D eigenvalue weighted by Crippen LogP contribution is -2.40. The zero-order valence-electron chi connectivity index (χ0n) is 18.4. The summed E-state index contributed by atoms with van der Waals surface area (Å²) < 4.78 is 0. The lowest BCUT2D eigenvalue weighted by Gasteiger charge is -2.48. The van der Waals surface area contributed by atoms with Gasteiger partial charge in [0.05, 0.1) is 5.56 Å². The fraction of sp³-hybridized carbons (Fsp3) is 0.741. The number of hydrogen-bond acceptors (Lipinski definition) is 1. The molecule has 4 bridgehead atoms. The molecule has 2 heteroatoms. The van der Waals surface area contributed by atoms with Crippen LogP contribution in [0.25, 0.3) is 0 Å². The molecule has 0 radical (unpaired) electrons. The van der Waals surface area contributed by atoms with Crippen LogP contribution in [0, 0.1) is 23.7 Å². The van der Waals surface area contributed by atoms with E-state index in [1.165, 1.54) is 77.0 Å². The number of benzene rings is 1. The van der Waals surface area contributed by atoms with Crippen LogP contribution in [-0.4, -0.2) is 11.1 Å². The van der Waals surface area contributed by atoms with Crippen molar-refractivity contribution in [1.29, 1.82) is 0 Å².